The summed E-state index contributed by atoms with van der Waals surface area (Å²) in [4.78, 5) is 27.3. The minimum absolute atomic E-state index is 0.0279. The predicted octanol–water partition coefficient (Wildman–Crippen LogP) is 1.67. The van der Waals surface area contributed by atoms with Crippen molar-refractivity contribution in [3.63, 3.8) is 0 Å². The highest BCUT2D eigenvalue weighted by Crippen LogP contribution is 2.38. The van der Waals surface area contributed by atoms with Gasteiger partial charge in [-0.25, -0.2) is 0 Å². The van der Waals surface area contributed by atoms with E-state index >= 15 is 0 Å². The van der Waals surface area contributed by atoms with Crippen LogP contribution < -0.4 is 5.32 Å². The highest BCUT2D eigenvalue weighted by Gasteiger charge is 2.42. The Hall–Kier alpha value is -2.15. The first kappa shape index (κ1) is 15.7. The Morgan fingerprint density at radius 3 is 3.04 bits per heavy atom. The van der Waals surface area contributed by atoms with Crippen LogP contribution in [0.25, 0.3) is 0 Å². The van der Waals surface area contributed by atoms with Crippen LogP contribution in [0, 0.1) is 5.92 Å². The van der Waals surface area contributed by atoms with Crippen molar-refractivity contribution in [3.8, 4) is 0 Å². The molecule has 2 aromatic heterocycles. The van der Waals surface area contributed by atoms with Gasteiger partial charge in [0.05, 0.1) is 12.0 Å². The summed E-state index contributed by atoms with van der Waals surface area (Å²) >= 11 is 1.59. The first-order valence-electron chi connectivity index (χ1n) is 7.71. The van der Waals surface area contributed by atoms with E-state index in [4.69, 9.17) is 0 Å². The van der Waals surface area contributed by atoms with Crippen LogP contribution in [0.4, 0.5) is 0 Å². The summed E-state index contributed by atoms with van der Waals surface area (Å²) in [5.74, 6) is -0.322. The molecule has 7 heteroatoms. The van der Waals surface area contributed by atoms with E-state index in [-0.39, 0.29) is 30.2 Å². The van der Waals surface area contributed by atoms with Gasteiger partial charge >= 0.3 is 0 Å². The lowest BCUT2D eigenvalue weighted by Gasteiger charge is -2.23. The smallest absolute Gasteiger partial charge is 0.226 e. The second kappa shape index (κ2) is 6.95. The van der Waals surface area contributed by atoms with Gasteiger partial charge in [0.25, 0.3) is 0 Å². The van der Waals surface area contributed by atoms with Gasteiger partial charge in [-0.1, -0.05) is 6.07 Å². The summed E-state index contributed by atoms with van der Waals surface area (Å²) in [6.07, 6.45) is 4.74. The van der Waals surface area contributed by atoms with E-state index in [9.17, 15) is 9.59 Å². The van der Waals surface area contributed by atoms with Gasteiger partial charge in [0.1, 0.15) is 0 Å². The van der Waals surface area contributed by atoms with Gasteiger partial charge in [0.15, 0.2) is 0 Å². The van der Waals surface area contributed by atoms with Crippen molar-refractivity contribution in [2.45, 2.75) is 25.4 Å². The third-order valence-electron chi connectivity index (χ3n) is 4.18. The van der Waals surface area contributed by atoms with Crippen molar-refractivity contribution in [2.24, 2.45) is 5.92 Å². The molecule has 0 radical (unpaired) electrons. The number of aromatic nitrogens is 2. The predicted molar refractivity (Wildman–Crippen MR) is 87.8 cm³/mol. The molecule has 1 N–H and O–H groups in total. The molecule has 0 unspecified atom stereocenters. The molecule has 1 saturated heterocycles. The van der Waals surface area contributed by atoms with Gasteiger partial charge in [-0.3, -0.25) is 14.3 Å². The summed E-state index contributed by atoms with van der Waals surface area (Å²) in [6.45, 7) is 1.36. The van der Waals surface area contributed by atoms with Gasteiger partial charge in [-0.05, 0) is 23.9 Å². The number of nitrogens with one attached hydrogen (secondary N) is 1. The minimum atomic E-state index is -0.309. The molecule has 0 aliphatic carbocycles. The summed E-state index contributed by atoms with van der Waals surface area (Å²) in [7, 11) is 1.78. The molecule has 1 aliphatic heterocycles. The normalized spacial score (nSPS) is 20.9. The van der Waals surface area contributed by atoms with Crippen molar-refractivity contribution in [1.29, 1.82) is 0 Å². The number of rotatable bonds is 6. The summed E-state index contributed by atoms with van der Waals surface area (Å²) in [6, 6.07) is 5.68. The third-order valence-corrected chi connectivity index (χ3v) is 5.12. The average Bonchev–Trinajstić information content (AvgIpc) is 3.27. The lowest BCUT2D eigenvalue weighted by molar-refractivity contribution is -0.128. The molecule has 3 rings (SSSR count). The maximum absolute atomic E-state index is 12.5. The van der Waals surface area contributed by atoms with Crippen molar-refractivity contribution in [3.05, 3.63) is 40.8 Å². The van der Waals surface area contributed by atoms with Crippen LogP contribution in [0.1, 0.15) is 23.8 Å². The molecule has 122 valence electrons. The number of aryl methyl sites for hydroxylation is 1. The lowest BCUT2D eigenvalue weighted by atomic mass is 9.98. The zero-order chi connectivity index (χ0) is 16.2. The molecule has 1 fully saturated rings. The minimum Gasteiger partial charge on any atom is -0.356 e. The fourth-order valence-electron chi connectivity index (χ4n) is 2.97. The average molecular weight is 332 g/mol. The van der Waals surface area contributed by atoms with E-state index in [2.05, 4.69) is 10.4 Å². The maximum atomic E-state index is 12.5. The fraction of sp³-hybridized carbons (Fsp3) is 0.438. The molecule has 0 spiro atoms. The molecule has 2 aromatic rings. The molecule has 0 aromatic carbocycles. The largest absolute Gasteiger partial charge is 0.356 e. The van der Waals surface area contributed by atoms with Gasteiger partial charge in [-0.15, -0.1) is 11.3 Å². The Kier molecular flexibility index (Phi) is 4.76. The van der Waals surface area contributed by atoms with Gasteiger partial charge in [0, 0.05) is 43.8 Å². The van der Waals surface area contributed by atoms with Crippen LogP contribution in [-0.2, 0) is 16.1 Å². The summed E-state index contributed by atoms with van der Waals surface area (Å²) in [5.41, 5.74) is 0. The van der Waals surface area contributed by atoms with Crippen molar-refractivity contribution >= 4 is 23.2 Å². The maximum Gasteiger partial charge on any atom is 0.226 e. The Morgan fingerprint density at radius 1 is 1.48 bits per heavy atom. The molecular weight excluding hydrogens is 312 g/mol. The topological polar surface area (TPSA) is 67.2 Å². The molecule has 3 heterocycles. The van der Waals surface area contributed by atoms with Gasteiger partial charge in [-0.2, -0.15) is 5.10 Å². The SMILES string of the molecule is CN1C(=O)C[C@@H](C(=O)NCCCn2cccn2)[C@H]1c1cccs1. The number of thiophene rings is 1. The Morgan fingerprint density at radius 2 is 2.35 bits per heavy atom. The number of hydrogen-bond acceptors (Lipinski definition) is 4. The number of carbonyl (C=O) groups excluding carboxylic acids is 2. The van der Waals surface area contributed by atoms with Crippen molar-refractivity contribution < 1.29 is 9.59 Å². The second-order valence-corrected chi connectivity index (χ2v) is 6.67. The van der Waals surface area contributed by atoms with Crippen LogP contribution >= 0.6 is 11.3 Å². The summed E-state index contributed by atoms with van der Waals surface area (Å²) < 4.78 is 1.84. The zero-order valence-electron chi connectivity index (χ0n) is 13.0. The zero-order valence-corrected chi connectivity index (χ0v) is 13.8. The lowest BCUT2D eigenvalue weighted by Crippen LogP contribution is -2.35. The fourth-order valence-corrected chi connectivity index (χ4v) is 3.90. The Bertz CT molecular complexity index is 654. The van der Waals surface area contributed by atoms with Gasteiger partial charge < -0.3 is 10.2 Å². The van der Waals surface area contributed by atoms with E-state index < -0.39 is 0 Å². The van der Waals surface area contributed by atoms with Crippen LogP contribution in [0.5, 0.6) is 0 Å². The number of carbonyl (C=O) groups is 2. The van der Waals surface area contributed by atoms with Gasteiger partial charge in [0.2, 0.25) is 11.8 Å². The highest BCUT2D eigenvalue weighted by molar-refractivity contribution is 7.10. The molecule has 0 bridgehead atoms. The standard InChI is InChI=1S/C16H20N4O2S/c1-19-14(21)11-12(15(19)13-5-2-10-23-13)16(22)17-6-3-8-20-9-4-7-18-20/h2,4-5,7,9-10,12,15H,3,6,8,11H2,1H3,(H,17,22)/t12-,15+/m1/s1. The van der Waals surface area contributed by atoms with Crippen molar-refractivity contribution in [2.75, 3.05) is 13.6 Å². The Balaban J connectivity index is 1.56. The molecule has 2 atom stereocenters. The van der Waals surface area contributed by atoms with E-state index in [0.717, 1.165) is 17.8 Å². The number of amides is 2. The first-order chi connectivity index (χ1) is 11.2. The molecule has 23 heavy (non-hydrogen) atoms. The van der Waals surface area contributed by atoms with Crippen LogP contribution in [0.2, 0.25) is 0 Å². The van der Waals surface area contributed by atoms with E-state index in [1.165, 1.54) is 0 Å². The number of nitrogens with zero attached hydrogens (tertiary/aromatic N) is 3. The van der Waals surface area contributed by atoms with Crippen molar-refractivity contribution in [1.82, 2.24) is 20.0 Å². The molecular formula is C16H20N4O2S. The highest BCUT2D eigenvalue weighted by atomic mass is 32.1. The van der Waals surface area contributed by atoms with Crippen LogP contribution in [-0.4, -0.2) is 40.1 Å². The molecule has 6 nitrogen and oxygen atoms in total. The van der Waals surface area contributed by atoms with E-state index in [1.54, 1.807) is 29.5 Å². The second-order valence-electron chi connectivity index (χ2n) is 5.69. The van der Waals surface area contributed by atoms with E-state index in [1.807, 2.05) is 34.5 Å². The molecule has 2 amide bonds. The monoisotopic (exact) mass is 332 g/mol. The summed E-state index contributed by atoms with van der Waals surface area (Å²) in [5, 5.41) is 9.07. The van der Waals surface area contributed by atoms with E-state index in [0.29, 0.717) is 6.54 Å². The Labute approximate surface area is 139 Å². The molecule has 0 saturated carbocycles. The van der Waals surface area contributed by atoms with Crippen LogP contribution in [0.15, 0.2) is 36.0 Å². The van der Waals surface area contributed by atoms with Crippen LogP contribution in [0.3, 0.4) is 0 Å². The molecule has 1 aliphatic rings. The number of hydrogen-bond donors (Lipinski definition) is 1. The number of likely N-dealkylation sites (tertiary alicyclic amines) is 1. The third kappa shape index (κ3) is 3.44. The first-order valence-corrected chi connectivity index (χ1v) is 8.59. The quantitative estimate of drug-likeness (QED) is 0.818.